The molecule has 208 valence electrons. The highest BCUT2D eigenvalue weighted by Crippen LogP contribution is 2.52. The van der Waals surface area contributed by atoms with Gasteiger partial charge in [0.15, 0.2) is 0 Å². The first kappa shape index (κ1) is 29.7. The number of hydrogen-bond donors (Lipinski definition) is 2. The third kappa shape index (κ3) is 6.89. The summed E-state index contributed by atoms with van der Waals surface area (Å²) in [5.41, 5.74) is 3.13. The standard InChI is InChI=1S/C31H29Cl2NO5S/c1-3-20(29(35)36)18-40-31(33,19(2)22-6-4-7-23(14-22)30(37)38)24-8-5-9-27(15-24)39-17-26-13-11-21-10-12-25(32)16-28(21)34-26/h4-16,19-20H,3,17-18H2,1-2H3,(H,35,36)(H,37,38). The van der Waals surface area contributed by atoms with Crippen LogP contribution in [0.25, 0.3) is 10.9 Å². The summed E-state index contributed by atoms with van der Waals surface area (Å²) in [6.45, 7) is 3.97. The van der Waals surface area contributed by atoms with Gasteiger partial charge in [0.2, 0.25) is 0 Å². The molecule has 0 saturated carbocycles. The SMILES string of the molecule is CCC(CSC(Cl)(c1cccc(OCc2ccc3ccc(Cl)cc3n2)c1)C(C)c1cccc(C(=O)O)c1)C(=O)O. The minimum absolute atomic E-state index is 0.159. The maximum Gasteiger partial charge on any atom is 0.335 e. The van der Waals surface area contributed by atoms with Crippen LogP contribution in [0.3, 0.4) is 0 Å². The Balaban J connectivity index is 1.63. The van der Waals surface area contributed by atoms with Crippen molar-refractivity contribution in [3.63, 3.8) is 0 Å². The molecule has 0 spiro atoms. The summed E-state index contributed by atoms with van der Waals surface area (Å²) in [6.07, 6.45) is 0.464. The van der Waals surface area contributed by atoms with Gasteiger partial charge in [-0.3, -0.25) is 4.79 Å². The van der Waals surface area contributed by atoms with Crippen LogP contribution in [0.2, 0.25) is 5.02 Å². The number of carboxylic acid groups (broad SMARTS) is 2. The van der Waals surface area contributed by atoms with Crippen LogP contribution in [-0.2, 0) is 15.6 Å². The molecule has 0 aliphatic heterocycles. The smallest absolute Gasteiger partial charge is 0.335 e. The summed E-state index contributed by atoms with van der Waals surface area (Å²) in [5.74, 6) is -1.99. The van der Waals surface area contributed by atoms with E-state index in [0.717, 1.165) is 27.7 Å². The van der Waals surface area contributed by atoms with E-state index >= 15 is 0 Å². The van der Waals surface area contributed by atoms with Crippen molar-refractivity contribution in [1.82, 2.24) is 4.98 Å². The predicted octanol–water partition coefficient (Wildman–Crippen LogP) is 8.20. The Kier molecular flexibility index (Phi) is 9.61. The van der Waals surface area contributed by atoms with Crippen LogP contribution in [0.1, 0.15) is 53.4 Å². The number of pyridine rings is 1. The van der Waals surface area contributed by atoms with E-state index in [1.807, 2.05) is 74.5 Å². The van der Waals surface area contributed by atoms with Gasteiger partial charge in [0, 0.05) is 22.1 Å². The van der Waals surface area contributed by atoms with E-state index in [1.165, 1.54) is 17.8 Å². The summed E-state index contributed by atoms with van der Waals surface area (Å²) < 4.78 is 4.99. The van der Waals surface area contributed by atoms with Crippen LogP contribution in [-0.4, -0.2) is 32.9 Å². The Morgan fingerprint density at radius 3 is 2.50 bits per heavy atom. The van der Waals surface area contributed by atoms with Crippen LogP contribution in [0.15, 0.2) is 78.9 Å². The van der Waals surface area contributed by atoms with Crippen LogP contribution >= 0.6 is 35.0 Å². The first-order chi connectivity index (χ1) is 19.1. The largest absolute Gasteiger partial charge is 0.487 e. The number of carbonyl (C=O) groups is 2. The highest BCUT2D eigenvalue weighted by Gasteiger charge is 2.39. The van der Waals surface area contributed by atoms with Gasteiger partial charge < -0.3 is 14.9 Å². The first-order valence-corrected chi connectivity index (χ1v) is 14.5. The number of alkyl halides is 1. The second-order valence-corrected chi connectivity index (χ2v) is 12.0. The number of carboxylic acids is 2. The van der Waals surface area contributed by atoms with Gasteiger partial charge in [-0.2, -0.15) is 0 Å². The number of aliphatic carboxylic acids is 1. The summed E-state index contributed by atoms with van der Waals surface area (Å²) >= 11 is 14.9. The molecule has 2 N–H and O–H groups in total. The summed E-state index contributed by atoms with van der Waals surface area (Å²) in [5, 5.41) is 20.7. The number of benzene rings is 3. The van der Waals surface area contributed by atoms with E-state index < -0.39 is 22.1 Å². The fraction of sp³-hybridized carbons (Fsp3) is 0.258. The molecule has 0 radical (unpaired) electrons. The Bertz CT molecular complexity index is 1530. The lowest BCUT2D eigenvalue weighted by Crippen LogP contribution is -2.26. The van der Waals surface area contributed by atoms with Crippen molar-refractivity contribution in [3.05, 3.63) is 106 Å². The Hall–Kier alpha value is -3.26. The number of rotatable bonds is 12. The molecular weight excluding hydrogens is 569 g/mol. The number of aromatic carboxylic acids is 1. The van der Waals surface area contributed by atoms with E-state index in [2.05, 4.69) is 4.98 Å². The molecular formula is C31H29Cl2NO5S. The predicted molar refractivity (Wildman–Crippen MR) is 161 cm³/mol. The Morgan fingerprint density at radius 1 is 1.02 bits per heavy atom. The zero-order valence-corrected chi connectivity index (χ0v) is 24.3. The minimum Gasteiger partial charge on any atom is -0.487 e. The average Bonchev–Trinajstić information content (AvgIpc) is 2.95. The highest BCUT2D eigenvalue weighted by atomic mass is 35.5. The molecule has 4 rings (SSSR count). The highest BCUT2D eigenvalue weighted by molar-refractivity contribution is 8.01. The lowest BCUT2D eigenvalue weighted by molar-refractivity contribution is -0.140. The number of ether oxygens (including phenoxy) is 1. The zero-order chi connectivity index (χ0) is 28.9. The Labute approximate surface area is 247 Å². The first-order valence-electron chi connectivity index (χ1n) is 12.8. The van der Waals surface area contributed by atoms with Crippen molar-refractivity contribution in [1.29, 1.82) is 0 Å². The molecule has 3 aromatic carbocycles. The van der Waals surface area contributed by atoms with E-state index in [4.69, 9.17) is 27.9 Å². The van der Waals surface area contributed by atoms with E-state index in [0.29, 0.717) is 17.2 Å². The normalized spacial score (nSPS) is 14.3. The lowest BCUT2D eigenvalue weighted by Gasteiger charge is -2.35. The molecule has 0 aliphatic rings. The quantitative estimate of drug-likeness (QED) is 0.159. The average molecular weight is 599 g/mol. The molecule has 3 atom stereocenters. The van der Waals surface area contributed by atoms with Crippen LogP contribution in [0.5, 0.6) is 5.75 Å². The number of halogens is 2. The second kappa shape index (κ2) is 12.9. The zero-order valence-electron chi connectivity index (χ0n) is 22.0. The van der Waals surface area contributed by atoms with Gasteiger partial charge in [-0.25, -0.2) is 9.78 Å². The maximum atomic E-state index is 11.8. The van der Waals surface area contributed by atoms with Crippen molar-refractivity contribution in [2.75, 3.05) is 5.75 Å². The maximum absolute atomic E-state index is 11.8. The van der Waals surface area contributed by atoms with Gasteiger partial charge in [0.25, 0.3) is 0 Å². The molecule has 0 aliphatic carbocycles. The van der Waals surface area contributed by atoms with Gasteiger partial charge in [0.05, 0.1) is 22.7 Å². The van der Waals surface area contributed by atoms with Crippen molar-refractivity contribution in [2.24, 2.45) is 5.92 Å². The second-order valence-electron chi connectivity index (χ2n) is 9.51. The summed E-state index contributed by atoms with van der Waals surface area (Å²) in [6, 6.07) is 23.5. The molecule has 0 fully saturated rings. The number of fused-ring (bicyclic) bond motifs is 1. The lowest BCUT2D eigenvalue weighted by atomic mass is 9.91. The summed E-state index contributed by atoms with van der Waals surface area (Å²) in [7, 11) is 0. The molecule has 3 unspecified atom stereocenters. The van der Waals surface area contributed by atoms with Crippen molar-refractivity contribution in [2.45, 2.75) is 37.0 Å². The van der Waals surface area contributed by atoms with Gasteiger partial charge in [-0.15, -0.1) is 23.4 Å². The number of nitrogens with zero attached hydrogens (tertiary/aromatic N) is 1. The molecule has 9 heteroatoms. The Morgan fingerprint density at radius 2 is 1.77 bits per heavy atom. The molecule has 0 amide bonds. The van der Waals surface area contributed by atoms with Gasteiger partial charge in [0.1, 0.15) is 16.6 Å². The monoisotopic (exact) mass is 597 g/mol. The van der Waals surface area contributed by atoms with Gasteiger partial charge in [-0.1, -0.05) is 61.8 Å². The molecule has 40 heavy (non-hydrogen) atoms. The van der Waals surface area contributed by atoms with Crippen molar-refractivity contribution < 1.29 is 24.5 Å². The van der Waals surface area contributed by atoms with Gasteiger partial charge in [-0.05, 0) is 60.0 Å². The molecule has 6 nitrogen and oxygen atoms in total. The fourth-order valence-corrected chi connectivity index (χ4v) is 6.47. The molecule has 0 saturated heterocycles. The van der Waals surface area contributed by atoms with Gasteiger partial charge >= 0.3 is 11.9 Å². The third-order valence-electron chi connectivity index (χ3n) is 6.85. The van der Waals surface area contributed by atoms with Crippen molar-refractivity contribution >= 4 is 57.8 Å². The fourth-order valence-electron chi connectivity index (χ4n) is 4.37. The summed E-state index contributed by atoms with van der Waals surface area (Å²) in [4.78, 5) is 28.0. The number of hydrogen-bond acceptors (Lipinski definition) is 5. The van der Waals surface area contributed by atoms with E-state index in [-0.39, 0.29) is 23.8 Å². The topological polar surface area (TPSA) is 96.7 Å². The minimum atomic E-state index is -1.10. The van der Waals surface area contributed by atoms with Crippen molar-refractivity contribution in [3.8, 4) is 5.75 Å². The van der Waals surface area contributed by atoms with Crippen LogP contribution in [0.4, 0.5) is 0 Å². The van der Waals surface area contributed by atoms with E-state index in [9.17, 15) is 19.8 Å². The van der Waals surface area contributed by atoms with Crippen LogP contribution in [0, 0.1) is 5.92 Å². The molecule has 1 heterocycles. The molecule has 4 aromatic rings. The number of thioether (sulfide) groups is 1. The number of aromatic nitrogens is 1. The molecule has 1 aromatic heterocycles. The van der Waals surface area contributed by atoms with Crippen LogP contribution < -0.4 is 4.74 Å². The third-order valence-corrected chi connectivity index (χ3v) is 9.54. The molecule has 0 bridgehead atoms. The van der Waals surface area contributed by atoms with E-state index in [1.54, 1.807) is 12.1 Å².